The predicted molar refractivity (Wildman–Crippen MR) is 75.5 cm³/mol. The van der Waals surface area contributed by atoms with E-state index in [0.29, 0.717) is 12.2 Å². The molecule has 2 aromatic rings. The summed E-state index contributed by atoms with van der Waals surface area (Å²) in [4.78, 5) is 11.8. The van der Waals surface area contributed by atoms with Gasteiger partial charge in [-0.2, -0.15) is 0 Å². The number of benzene rings is 1. The summed E-state index contributed by atoms with van der Waals surface area (Å²) >= 11 is 0. The molecule has 0 spiro atoms. The van der Waals surface area contributed by atoms with E-state index in [9.17, 15) is 4.79 Å². The molecule has 20 heavy (non-hydrogen) atoms. The van der Waals surface area contributed by atoms with E-state index in [-0.39, 0.29) is 12.3 Å². The summed E-state index contributed by atoms with van der Waals surface area (Å²) in [6.07, 6.45) is 1.52. The second-order valence-electron chi connectivity index (χ2n) is 4.56. The summed E-state index contributed by atoms with van der Waals surface area (Å²) in [5.74, 6) is -0.474. The third-order valence-corrected chi connectivity index (χ3v) is 2.92. The number of hydrogen-bond donors (Lipinski definition) is 0. The molecule has 104 valence electrons. The Labute approximate surface area is 117 Å². The van der Waals surface area contributed by atoms with E-state index in [1.165, 1.54) is 11.6 Å². The first kappa shape index (κ1) is 14.0. The highest BCUT2D eigenvalue weighted by molar-refractivity contribution is 5.88. The number of rotatable bonds is 5. The van der Waals surface area contributed by atoms with Gasteiger partial charge in [-0.25, -0.2) is 9.48 Å². The van der Waals surface area contributed by atoms with Crippen LogP contribution in [0.2, 0.25) is 0 Å². The number of carbonyl (C=O) groups is 1. The van der Waals surface area contributed by atoms with Crippen LogP contribution in [-0.2, 0) is 11.3 Å². The lowest BCUT2D eigenvalue weighted by molar-refractivity contribution is 0.0542. The van der Waals surface area contributed by atoms with Gasteiger partial charge in [0.05, 0.1) is 12.2 Å². The van der Waals surface area contributed by atoms with Crippen molar-refractivity contribution in [2.45, 2.75) is 20.4 Å². The van der Waals surface area contributed by atoms with Crippen molar-refractivity contribution in [1.82, 2.24) is 15.0 Å². The molecule has 5 nitrogen and oxygen atoms in total. The van der Waals surface area contributed by atoms with Crippen LogP contribution in [0.3, 0.4) is 0 Å². The minimum absolute atomic E-state index is 0.170. The van der Waals surface area contributed by atoms with Crippen LogP contribution >= 0.6 is 0 Å². The molecule has 0 saturated carbocycles. The number of ether oxygens (including phenoxy) is 1. The number of hydrogen-bond acceptors (Lipinski definition) is 4. The Bertz CT molecular complexity index is 632. The molecule has 1 heterocycles. The van der Waals surface area contributed by atoms with Crippen LogP contribution < -0.4 is 0 Å². The normalized spacial score (nSPS) is 10.3. The largest absolute Gasteiger partial charge is 0.457 e. The lowest BCUT2D eigenvalue weighted by Crippen LogP contribution is -2.09. The van der Waals surface area contributed by atoms with Gasteiger partial charge < -0.3 is 4.74 Å². The minimum atomic E-state index is -0.474. The monoisotopic (exact) mass is 271 g/mol. The highest BCUT2D eigenvalue weighted by Crippen LogP contribution is 2.10. The fraction of sp³-hybridized carbons (Fsp3) is 0.267. The van der Waals surface area contributed by atoms with Gasteiger partial charge in [-0.15, -0.1) is 5.10 Å². The van der Waals surface area contributed by atoms with Gasteiger partial charge in [0.25, 0.3) is 0 Å². The van der Waals surface area contributed by atoms with Crippen LogP contribution in [0.5, 0.6) is 0 Å². The lowest BCUT2D eigenvalue weighted by atomic mass is 10.1. The third kappa shape index (κ3) is 3.12. The van der Waals surface area contributed by atoms with Crippen LogP contribution in [0, 0.1) is 13.8 Å². The van der Waals surface area contributed by atoms with Crippen molar-refractivity contribution < 1.29 is 9.53 Å². The Morgan fingerprint density at radius 3 is 2.95 bits per heavy atom. The zero-order chi connectivity index (χ0) is 14.5. The van der Waals surface area contributed by atoms with Crippen LogP contribution in [0.15, 0.2) is 36.9 Å². The Morgan fingerprint density at radius 2 is 2.25 bits per heavy atom. The Kier molecular flexibility index (Phi) is 4.30. The number of nitrogens with zero attached hydrogens (tertiary/aromatic N) is 3. The van der Waals surface area contributed by atoms with Crippen molar-refractivity contribution in [3.8, 4) is 0 Å². The van der Waals surface area contributed by atoms with Gasteiger partial charge in [-0.05, 0) is 19.4 Å². The molecule has 0 bridgehead atoms. The minimum Gasteiger partial charge on any atom is -0.457 e. The maximum Gasteiger partial charge on any atom is 0.361 e. The summed E-state index contributed by atoms with van der Waals surface area (Å²) in [6.45, 7) is 8.09. The van der Waals surface area contributed by atoms with Crippen LogP contribution in [0.4, 0.5) is 0 Å². The zero-order valence-corrected chi connectivity index (χ0v) is 11.7. The zero-order valence-electron chi connectivity index (χ0n) is 11.7. The molecular weight excluding hydrogens is 254 g/mol. The summed E-state index contributed by atoms with van der Waals surface area (Å²) < 4.78 is 6.66. The van der Waals surface area contributed by atoms with Gasteiger partial charge in [-0.3, -0.25) is 0 Å². The van der Waals surface area contributed by atoms with Crippen molar-refractivity contribution in [3.05, 3.63) is 59.4 Å². The number of esters is 1. The highest BCUT2D eigenvalue weighted by Gasteiger charge is 2.17. The molecule has 2 rings (SSSR count). The van der Waals surface area contributed by atoms with E-state index in [2.05, 4.69) is 23.0 Å². The quantitative estimate of drug-likeness (QED) is 0.618. The maximum atomic E-state index is 11.8. The Morgan fingerprint density at radius 1 is 1.45 bits per heavy atom. The van der Waals surface area contributed by atoms with Gasteiger partial charge in [-0.1, -0.05) is 47.7 Å². The first-order valence-electron chi connectivity index (χ1n) is 6.35. The second-order valence-corrected chi connectivity index (χ2v) is 4.56. The average molecular weight is 271 g/mol. The standard InChI is InChI=1S/C15H17N3O2/c1-4-8-20-15(19)14-12(3)18(17-16-14)10-13-7-5-6-11(2)9-13/h4-7,9H,1,8,10H2,2-3H3. The summed E-state index contributed by atoms with van der Waals surface area (Å²) in [7, 11) is 0. The third-order valence-electron chi connectivity index (χ3n) is 2.92. The van der Waals surface area contributed by atoms with E-state index >= 15 is 0 Å². The molecule has 5 heteroatoms. The topological polar surface area (TPSA) is 57.0 Å². The summed E-state index contributed by atoms with van der Waals surface area (Å²) in [6, 6.07) is 8.13. The van der Waals surface area contributed by atoms with Gasteiger partial charge in [0.15, 0.2) is 5.69 Å². The van der Waals surface area contributed by atoms with Gasteiger partial charge in [0, 0.05) is 0 Å². The van der Waals surface area contributed by atoms with Gasteiger partial charge in [0.1, 0.15) is 6.61 Å². The van der Waals surface area contributed by atoms with E-state index in [1.807, 2.05) is 25.1 Å². The number of carbonyl (C=O) groups excluding carboxylic acids is 1. The molecule has 0 aliphatic heterocycles. The fourth-order valence-corrected chi connectivity index (χ4v) is 1.89. The lowest BCUT2D eigenvalue weighted by Gasteiger charge is -2.05. The van der Waals surface area contributed by atoms with E-state index in [1.54, 1.807) is 11.6 Å². The Balaban J connectivity index is 2.16. The first-order chi connectivity index (χ1) is 9.61. The van der Waals surface area contributed by atoms with Crippen molar-refractivity contribution in [3.63, 3.8) is 0 Å². The van der Waals surface area contributed by atoms with Crippen molar-refractivity contribution >= 4 is 5.97 Å². The molecule has 0 unspecified atom stereocenters. The first-order valence-corrected chi connectivity index (χ1v) is 6.35. The van der Waals surface area contributed by atoms with E-state index in [0.717, 1.165) is 5.56 Å². The van der Waals surface area contributed by atoms with Crippen molar-refractivity contribution in [2.75, 3.05) is 6.61 Å². The molecule has 0 aliphatic rings. The molecule has 1 aromatic heterocycles. The fourth-order valence-electron chi connectivity index (χ4n) is 1.89. The molecule has 0 radical (unpaired) electrons. The van der Waals surface area contributed by atoms with Crippen molar-refractivity contribution in [2.24, 2.45) is 0 Å². The molecule has 1 aromatic carbocycles. The van der Waals surface area contributed by atoms with Gasteiger partial charge >= 0.3 is 5.97 Å². The summed E-state index contributed by atoms with van der Waals surface area (Å²) in [5.41, 5.74) is 3.25. The average Bonchev–Trinajstić information content (AvgIpc) is 2.78. The van der Waals surface area contributed by atoms with Gasteiger partial charge in [0.2, 0.25) is 0 Å². The van der Waals surface area contributed by atoms with Crippen LogP contribution in [0.1, 0.15) is 27.3 Å². The van der Waals surface area contributed by atoms with Crippen LogP contribution in [-0.4, -0.2) is 27.6 Å². The molecule has 0 N–H and O–H groups in total. The second kappa shape index (κ2) is 6.14. The molecule has 0 saturated heterocycles. The molecule has 0 aliphatic carbocycles. The molecule has 0 fully saturated rings. The smallest absolute Gasteiger partial charge is 0.361 e. The summed E-state index contributed by atoms with van der Waals surface area (Å²) in [5, 5.41) is 7.90. The number of aryl methyl sites for hydroxylation is 1. The Hall–Kier alpha value is -2.43. The maximum absolute atomic E-state index is 11.8. The van der Waals surface area contributed by atoms with Crippen LogP contribution in [0.25, 0.3) is 0 Å². The molecule has 0 atom stereocenters. The SMILES string of the molecule is C=CCOC(=O)c1nnn(Cc2cccc(C)c2)c1C. The number of aromatic nitrogens is 3. The molecular formula is C15H17N3O2. The highest BCUT2D eigenvalue weighted by atomic mass is 16.5. The van der Waals surface area contributed by atoms with E-state index < -0.39 is 5.97 Å². The predicted octanol–water partition coefficient (Wildman–Crippen LogP) is 2.29. The van der Waals surface area contributed by atoms with Crippen molar-refractivity contribution in [1.29, 1.82) is 0 Å². The molecule has 0 amide bonds. The van der Waals surface area contributed by atoms with E-state index in [4.69, 9.17) is 4.74 Å².